The van der Waals surface area contributed by atoms with Crippen molar-refractivity contribution < 1.29 is 9.59 Å². The molecule has 0 fully saturated rings. The van der Waals surface area contributed by atoms with Crippen LogP contribution in [0.4, 0.5) is 0 Å². The number of fused-ring (bicyclic) bond motifs is 1. The maximum absolute atomic E-state index is 13.0. The Kier molecular flexibility index (Phi) is 6.69. The number of aromatic amines is 1. The summed E-state index contributed by atoms with van der Waals surface area (Å²) in [5.74, 6) is -0.639. The Morgan fingerprint density at radius 1 is 0.909 bits per heavy atom. The van der Waals surface area contributed by atoms with E-state index >= 15 is 0 Å². The first-order chi connectivity index (χ1) is 16.0. The number of nitrogens with one attached hydrogen (secondary N) is 3. The molecule has 0 bridgehead atoms. The Morgan fingerprint density at radius 2 is 1.70 bits per heavy atom. The molecule has 0 atom stereocenters. The number of H-pyrrole nitrogens is 1. The molecular formula is C28H27N3O2. The molecule has 2 amide bonds. The van der Waals surface area contributed by atoms with Gasteiger partial charge in [0.2, 0.25) is 0 Å². The van der Waals surface area contributed by atoms with E-state index in [2.05, 4.69) is 21.7 Å². The number of hydrogen-bond donors (Lipinski definition) is 3. The number of para-hydroxylation sites is 1. The molecule has 0 aliphatic rings. The molecule has 1 aromatic heterocycles. The number of amides is 2. The largest absolute Gasteiger partial charge is 0.361 e. The van der Waals surface area contributed by atoms with Gasteiger partial charge >= 0.3 is 0 Å². The maximum atomic E-state index is 13.0. The first-order valence-electron chi connectivity index (χ1n) is 11.0. The van der Waals surface area contributed by atoms with E-state index in [4.69, 9.17) is 0 Å². The second kappa shape index (κ2) is 10.0. The van der Waals surface area contributed by atoms with Crippen LogP contribution < -0.4 is 10.6 Å². The summed E-state index contributed by atoms with van der Waals surface area (Å²) in [4.78, 5) is 29.1. The molecule has 5 nitrogen and oxygen atoms in total. The number of rotatable bonds is 7. The first kappa shape index (κ1) is 22.1. The van der Waals surface area contributed by atoms with Gasteiger partial charge in [0.1, 0.15) is 5.70 Å². The lowest BCUT2D eigenvalue weighted by molar-refractivity contribution is -0.117. The summed E-state index contributed by atoms with van der Waals surface area (Å²) in [5, 5.41) is 6.90. The number of carbonyl (C=O) groups is 2. The van der Waals surface area contributed by atoms with Crippen molar-refractivity contribution in [2.75, 3.05) is 6.54 Å². The minimum Gasteiger partial charge on any atom is -0.361 e. The fraction of sp³-hybridized carbons (Fsp3) is 0.143. The molecular weight excluding hydrogens is 410 g/mol. The molecule has 166 valence electrons. The van der Waals surface area contributed by atoms with E-state index in [1.165, 1.54) is 0 Å². The summed E-state index contributed by atoms with van der Waals surface area (Å²) in [5.41, 5.74) is 5.88. The summed E-state index contributed by atoms with van der Waals surface area (Å²) in [7, 11) is 0. The van der Waals surface area contributed by atoms with Gasteiger partial charge in [-0.3, -0.25) is 9.59 Å². The highest BCUT2D eigenvalue weighted by molar-refractivity contribution is 6.05. The zero-order valence-electron chi connectivity index (χ0n) is 18.8. The van der Waals surface area contributed by atoms with Crippen molar-refractivity contribution in [3.05, 3.63) is 113 Å². The van der Waals surface area contributed by atoms with Crippen molar-refractivity contribution in [1.29, 1.82) is 0 Å². The summed E-state index contributed by atoms with van der Waals surface area (Å²) in [6.07, 6.45) is 4.35. The van der Waals surface area contributed by atoms with Crippen LogP contribution in [-0.2, 0) is 11.2 Å². The molecule has 0 radical (unpaired) electrons. The minimum atomic E-state index is -0.323. The highest BCUT2D eigenvalue weighted by atomic mass is 16.2. The van der Waals surface area contributed by atoms with Crippen molar-refractivity contribution >= 4 is 28.8 Å². The van der Waals surface area contributed by atoms with Crippen molar-refractivity contribution in [2.45, 2.75) is 20.3 Å². The predicted molar refractivity (Wildman–Crippen MR) is 133 cm³/mol. The van der Waals surface area contributed by atoms with Gasteiger partial charge in [-0.25, -0.2) is 0 Å². The van der Waals surface area contributed by atoms with Crippen LogP contribution in [0.3, 0.4) is 0 Å². The standard InChI is InChI=1S/C28H27N3O2/c1-19-10-12-21(13-11-19)17-26(31-27(32)22-7-5-6-20(2)16-22)28(33)29-15-14-23-18-30-25-9-4-3-8-24(23)25/h3-13,16-18,30H,14-15H2,1-2H3,(H,29,33)(H,31,32). The Bertz CT molecular complexity index is 1320. The van der Waals surface area contributed by atoms with Crippen LogP contribution in [0.15, 0.2) is 84.7 Å². The average Bonchev–Trinajstić information content (AvgIpc) is 3.23. The van der Waals surface area contributed by atoms with Crippen LogP contribution in [-0.4, -0.2) is 23.3 Å². The highest BCUT2D eigenvalue weighted by Crippen LogP contribution is 2.18. The fourth-order valence-corrected chi connectivity index (χ4v) is 3.71. The number of benzene rings is 3. The normalized spacial score (nSPS) is 11.4. The Labute approximate surface area is 193 Å². The van der Waals surface area contributed by atoms with Crippen molar-refractivity contribution in [1.82, 2.24) is 15.6 Å². The molecule has 0 aliphatic carbocycles. The van der Waals surface area contributed by atoms with Crippen LogP contribution in [0.1, 0.15) is 32.6 Å². The Hall–Kier alpha value is -4.12. The van der Waals surface area contributed by atoms with Crippen LogP contribution in [0.25, 0.3) is 17.0 Å². The molecule has 4 aromatic rings. The second-order valence-corrected chi connectivity index (χ2v) is 8.16. The fourth-order valence-electron chi connectivity index (χ4n) is 3.71. The Balaban J connectivity index is 1.49. The van der Waals surface area contributed by atoms with Crippen molar-refractivity contribution in [3.63, 3.8) is 0 Å². The monoisotopic (exact) mass is 437 g/mol. The zero-order chi connectivity index (χ0) is 23.2. The summed E-state index contributed by atoms with van der Waals surface area (Å²) >= 11 is 0. The molecule has 0 spiro atoms. The topological polar surface area (TPSA) is 74.0 Å². The van der Waals surface area contributed by atoms with Crippen LogP contribution >= 0.6 is 0 Å². The minimum absolute atomic E-state index is 0.212. The molecule has 3 aromatic carbocycles. The van der Waals surface area contributed by atoms with Gasteiger partial charge in [-0.05, 0) is 55.7 Å². The number of aromatic nitrogens is 1. The number of aryl methyl sites for hydroxylation is 2. The third-order valence-electron chi connectivity index (χ3n) is 5.52. The quantitative estimate of drug-likeness (QED) is 0.359. The van der Waals surface area contributed by atoms with Gasteiger partial charge in [0, 0.05) is 29.2 Å². The van der Waals surface area contributed by atoms with E-state index in [-0.39, 0.29) is 17.5 Å². The van der Waals surface area contributed by atoms with Crippen molar-refractivity contribution in [2.24, 2.45) is 0 Å². The van der Waals surface area contributed by atoms with Gasteiger partial charge in [0.05, 0.1) is 0 Å². The van der Waals surface area contributed by atoms with Gasteiger partial charge in [-0.1, -0.05) is 65.7 Å². The third kappa shape index (κ3) is 5.57. The third-order valence-corrected chi connectivity index (χ3v) is 5.52. The average molecular weight is 438 g/mol. The molecule has 0 saturated heterocycles. The molecule has 33 heavy (non-hydrogen) atoms. The van der Waals surface area contributed by atoms with Gasteiger partial charge in [-0.2, -0.15) is 0 Å². The molecule has 0 unspecified atom stereocenters. The van der Waals surface area contributed by atoms with E-state index in [1.807, 2.05) is 74.6 Å². The van der Waals surface area contributed by atoms with E-state index in [1.54, 1.807) is 18.2 Å². The SMILES string of the molecule is Cc1ccc(C=C(NC(=O)c2cccc(C)c2)C(=O)NCCc2c[nH]c3ccccc23)cc1. The summed E-state index contributed by atoms with van der Waals surface area (Å²) in [6.45, 7) is 4.38. The summed E-state index contributed by atoms with van der Waals surface area (Å²) in [6, 6.07) is 23.2. The lowest BCUT2D eigenvalue weighted by Gasteiger charge is -2.12. The second-order valence-electron chi connectivity index (χ2n) is 8.16. The molecule has 0 saturated carbocycles. The lowest BCUT2D eigenvalue weighted by atomic mass is 10.1. The highest BCUT2D eigenvalue weighted by Gasteiger charge is 2.15. The van der Waals surface area contributed by atoms with E-state index < -0.39 is 0 Å². The Morgan fingerprint density at radius 3 is 2.48 bits per heavy atom. The number of hydrogen-bond acceptors (Lipinski definition) is 2. The maximum Gasteiger partial charge on any atom is 0.267 e. The van der Waals surface area contributed by atoms with Crippen LogP contribution in [0.2, 0.25) is 0 Å². The van der Waals surface area contributed by atoms with E-state index in [0.717, 1.165) is 33.2 Å². The van der Waals surface area contributed by atoms with E-state index in [0.29, 0.717) is 18.5 Å². The van der Waals surface area contributed by atoms with Crippen molar-refractivity contribution in [3.8, 4) is 0 Å². The van der Waals surface area contributed by atoms with Gasteiger partial charge in [0.15, 0.2) is 0 Å². The molecule has 4 rings (SSSR count). The first-order valence-corrected chi connectivity index (χ1v) is 11.0. The zero-order valence-corrected chi connectivity index (χ0v) is 18.8. The van der Waals surface area contributed by atoms with E-state index in [9.17, 15) is 9.59 Å². The van der Waals surface area contributed by atoms with Crippen LogP contribution in [0, 0.1) is 13.8 Å². The molecule has 0 aliphatic heterocycles. The van der Waals surface area contributed by atoms with Gasteiger partial charge in [-0.15, -0.1) is 0 Å². The number of carbonyl (C=O) groups excluding carboxylic acids is 2. The molecule has 1 heterocycles. The summed E-state index contributed by atoms with van der Waals surface area (Å²) < 4.78 is 0. The van der Waals surface area contributed by atoms with Crippen LogP contribution in [0.5, 0.6) is 0 Å². The lowest BCUT2D eigenvalue weighted by Crippen LogP contribution is -2.35. The molecule has 3 N–H and O–H groups in total. The predicted octanol–water partition coefficient (Wildman–Crippen LogP) is 4.91. The van der Waals surface area contributed by atoms with Gasteiger partial charge < -0.3 is 15.6 Å². The molecule has 5 heteroatoms. The van der Waals surface area contributed by atoms with Gasteiger partial charge in [0.25, 0.3) is 11.8 Å². The smallest absolute Gasteiger partial charge is 0.267 e.